The second kappa shape index (κ2) is 9.24. The lowest BCUT2D eigenvalue weighted by Gasteiger charge is -2.17. The van der Waals surface area contributed by atoms with E-state index in [2.05, 4.69) is 23.9 Å². The average molecular weight is 477 g/mol. The lowest BCUT2D eigenvalue weighted by molar-refractivity contribution is -0.118. The summed E-state index contributed by atoms with van der Waals surface area (Å²) in [4.78, 5) is 14.0. The molecule has 1 amide bonds. The normalized spacial score (nSPS) is 16.3. The molecule has 3 aromatic rings. The minimum absolute atomic E-state index is 0.00881. The van der Waals surface area contributed by atoms with Crippen LogP contribution in [0.1, 0.15) is 32.3 Å². The van der Waals surface area contributed by atoms with E-state index in [4.69, 9.17) is 9.47 Å². The molecule has 3 aromatic carbocycles. The third kappa shape index (κ3) is 4.58. The number of amides is 1. The maximum atomic E-state index is 13.3. The zero-order valence-corrected chi connectivity index (χ0v) is 20.1. The van der Waals surface area contributed by atoms with Crippen LogP contribution >= 0.6 is 0 Å². The number of fused-ring (bicyclic) bond motifs is 1. The maximum Gasteiger partial charge on any atom is 0.235 e. The van der Waals surface area contributed by atoms with Crippen molar-refractivity contribution in [2.45, 2.75) is 37.0 Å². The highest BCUT2D eigenvalue weighted by atomic mass is 32.2. The molecule has 2 N–H and O–H groups in total. The van der Waals surface area contributed by atoms with Crippen molar-refractivity contribution in [2.24, 2.45) is 5.92 Å². The van der Waals surface area contributed by atoms with Crippen LogP contribution in [0.15, 0.2) is 71.6 Å². The van der Waals surface area contributed by atoms with Gasteiger partial charge in [0.2, 0.25) is 12.7 Å². The molecule has 5 rings (SSSR count). The Morgan fingerprint density at radius 3 is 2.47 bits per heavy atom. The van der Waals surface area contributed by atoms with E-state index < -0.39 is 16.4 Å². The first kappa shape index (κ1) is 22.6. The lowest BCUT2D eigenvalue weighted by atomic mass is 9.94. The van der Waals surface area contributed by atoms with Crippen molar-refractivity contribution in [2.75, 3.05) is 18.7 Å². The van der Waals surface area contributed by atoms with Crippen LogP contribution in [0.3, 0.4) is 0 Å². The van der Waals surface area contributed by atoms with Gasteiger partial charge < -0.3 is 14.8 Å². The molecule has 1 fully saturated rings. The van der Waals surface area contributed by atoms with E-state index in [1.807, 2.05) is 66.7 Å². The molecule has 1 aliphatic heterocycles. The summed E-state index contributed by atoms with van der Waals surface area (Å²) in [5.74, 6) is 1.84. The van der Waals surface area contributed by atoms with Crippen molar-refractivity contribution in [1.82, 2.24) is 4.72 Å². The van der Waals surface area contributed by atoms with Gasteiger partial charge in [-0.3, -0.25) is 4.79 Å². The van der Waals surface area contributed by atoms with Gasteiger partial charge in [-0.15, -0.1) is 0 Å². The van der Waals surface area contributed by atoms with Crippen LogP contribution in [0, 0.1) is 5.92 Å². The van der Waals surface area contributed by atoms with Crippen LogP contribution in [0.5, 0.6) is 11.5 Å². The summed E-state index contributed by atoms with van der Waals surface area (Å²) < 4.78 is 26.3. The first-order chi connectivity index (χ1) is 16.4. The fourth-order valence-electron chi connectivity index (χ4n) is 4.09. The Labute approximate surface area is 202 Å². The SMILES string of the molecule is CC(C)CNS(=O)c1ccc(-c2cccc(NC(=O)C3(c4ccc5c(c4)OCO5)CC3)c2)cc1. The largest absolute Gasteiger partial charge is 0.454 e. The van der Waals surface area contributed by atoms with Crippen molar-refractivity contribution in [1.29, 1.82) is 0 Å². The minimum atomic E-state index is -1.23. The third-order valence-electron chi connectivity index (χ3n) is 6.25. The van der Waals surface area contributed by atoms with E-state index in [0.29, 0.717) is 18.2 Å². The van der Waals surface area contributed by atoms with Crippen molar-refractivity contribution in [3.8, 4) is 22.6 Å². The summed E-state index contributed by atoms with van der Waals surface area (Å²) in [5, 5.41) is 3.11. The number of benzene rings is 3. The van der Waals surface area contributed by atoms with Crippen LogP contribution in [-0.2, 0) is 21.2 Å². The molecule has 1 aliphatic carbocycles. The summed E-state index contributed by atoms with van der Waals surface area (Å²) in [6.07, 6.45) is 1.61. The third-order valence-corrected chi connectivity index (χ3v) is 7.38. The molecule has 6 nitrogen and oxygen atoms in total. The molecule has 1 saturated carbocycles. The molecule has 2 aliphatic rings. The summed E-state index contributed by atoms with van der Waals surface area (Å²) in [6, 6.07) is 21.2. The molecule has 176 valence electrons. The van der Waals surface area contributed by atoms with Gasteiger partial charge in [0.1, 0.15) is 11.0 Å². The molecule has 0 aromatic heterocycles. The van der Waals surface area contributed by atoms with Crippen molar-refractivity contribution >= 4 is 22.6 Å². The fraction of sp³-hybridized carbons (Fsp3) is 0.296. The van der Waals surface area contributed by atoms with Gasteiger partial charge in [0.25, 0.3) is 0 Å². The first-order valence-electron chi connectivity index (χ1n) is 11.5. The van der Waals surface area contributed by atoms with Gasteiger partial charge in [-0.2, -0.15) is 0 Å². The van der Waals surface area contributed by atoms with Crippen molar-refractivity contribution in [3.05, 3.63) is 72.3 Å². The van der Waals surface area contributed by atoms with Crippen LogP contribution in [0.2, 0.25) is 0 Å². The van der Waals surface area contributed by atoms with E-state index in [9.17, 15) is 9.00 Å². The van der Waals surface area contributed by atoms with E-state index in [-0.39, 0.29) is 12.7 Å². The van der Waals surface area contributed by atoms with E-state index in [1.165, 1.54) is 0 Å². The number of ether oxygens (including phenoxy) is 2. The van der Waals surface area contributed by atoms with Gasteiger partial charge in [0.05, 0.1) is 10.3 Å². The molecule has 1 unspecified atom stereocenters. The zero-order valence-electron chi connectivity index (χ0n) is 19.3. The Kier molecular flexibility index (Phi) is 6.15. The van der Waals surface area contributed by atoms with Gasteiger partial charge in [-0.1, -0.05) is 44.2 Å². The second-order valence-electron chi connectivity index (χ2n) is 9.22. The predicted molar refractivity (Wildman–Crippen MR) is 133 cm³/mol. The van der Waals surface area contributed by atoms with Crippen LogP contribution in [0.25, 0.3) is 11.1 Å². The quantitative estimate of drug-likeness (QED) is 0.479. The molecule has 0 spiro atoms. The Hall–Kier alpha value is -3.16. The minimum Gasteiger partial charge on any atom is -0.454 e. The second-order valence-corrected chi connectivity index (χ2v) is 10.5. The van der Waals surface area contributed by atoms with Crippen molar-refractivity contribution < 1.29 is 18.5 Å². The summed E-state index contributed by atoms with van der Waals surface area (Å²) in [7, 11) is -1.23. The number of rotatable bonds is 8. The molecular weight excluding hydrogens is 448 g/mol. The highest BCUT2D eigenvalue weighted by molar-refractivity contribution is 7.83. The smallest absolute Gasteiger partial charge is 0.235 e. The molecule has 34 heavy (non-hydrogen) atoms. The first-order valence-corrected chi connectivity index (χ1v) is 12.7. The van der Waals surface area contributed by atoms with Gasteiger partial charge in [-0.05, 0) is 71.8 Å². The Morgan fingerprint density at radius 2 is 1.74 bits per heavy atom. The van der Waals surface area contributed by atoms with Gasteiger partial charge in [-0.25, -0.2) is 8.93 Å². The van der Waals surface area contributed by atoms with Crippen molar-refractivity contribution in [3.63, 3.8) is 0 Å². The Balaban J connectivity index is 1.29. The molecule has 1 heterocycles. The summed E-state index contributed by atoms with van der Waals surface area (Å²) in [6.45, 7) is 5.08. The van der Waals surface area contributed by atoms with Crippen LogP contribution < -0.4 is 19.5 Å². The standard InChI is InChI=1S/C27H28N2O4S/c1-18(2)16-28-34(31)23-9-6-19(7-10-23)20-4-3-5-22(14-20)29-26(30)27(12-13-27)21-8-11-24-25(15-21)33-17-32-24/h3-11,14-15,18,28H,12-13,16-17H2,1-2H3,(H,29,30). The molecule has 7 heteroatoms. The predicted octanol–water partition coefficient (Wildman–Crippen LogP) is 5.02. The number of carbonyl (C=O) groups is 1. The molecule has 0 saturated heterocycles. The van der Waals surface area contributed by atoms with Gasteiger partial charge >= 0.3 is 0 Å². The molecule has 0 radical (unpaired) electrons. The highest BCUT2D eigenvalue weighted by Gasteiger charge is 2.51. The fourth-order valence-corrected chi connectivity index (χ4v) is 5.12. The number of anilines is 1. The average Bonchev–Trinajstić information content (AvgIpc) is 3.53. The summed E-state index contributed by atoms with van der Waals surface area (Å²) >= 11 is 0. The topological polar surface area (TPSA) is 76.7 Å². The van der Waals surface area contributed by atoms with E-state index in [1.54, 1.807) is 0 Å². The monoisotopic (exact) mass is 476 g/mol. The van der Waals surface area contributed by atoms with Crippen LogP contribution in [-0.4, -0.2) is 23.5 Å². The summed E-state index contributed by atoms with van der Waals surface area (Å²) in [5.41, 5.74) is 3.17. The zero-order chi connectivity index (χ0) is 23.7. The van der Waals surface area contributed by atoms with E-state index in [0.717, 1.165) is 45.9 Å². The molecule has 1 atom stereocenters. The lowest BCUT2D eigenvalue weighted by Crippen LogP contribution is -2.27. The number of hydrogen-bond acceptors (Lipinski definition) is 4. The van der Waals surface area contributed by atoms with Gasteiger partial charge in [0, 0.05) is 12.2 Å². The van der Waals surface area contributed by atoms with Crippen LogP contribution in [0.4, 0.5) is 5.69 Å². The highest BCUT2D eigenvalue weighted by Crippen LogP contribution is 2.51. The van der Waals surface area contributed by atoms with E-state index >= 15 is 0 Å². The maximum absolute atomic E-state index is 13.3. The molecule has 0 bridgehead atoms. The molecular formula is C27H28N2O4S. The Morgan fingerprint density at radius 1 is 0.971 bits per heavy atom. The number of nitrogens with one attached hydrogen (secondary N) is 2. The van der Waals surface area contributed by atoms with Gasteiger partial charge in [0.15, 0.2) is 11.5 Å². The number of carbonyl (C=O) groups excluding carboxylic acids is 1. The number of hydrogen-bond donors (Lipinski definition) is 2. The Bertz CT molecular complexity index is 1240.